The van der Waals surface area contributed by atoms with Gasteiger partial charge in [0, 0.05) is 29.6 Å². The maximum atomic E-state index is 12.3. The molecule has 124 valence electrons. The Morgan fingerprint density at radius 1 is 1.30 bits per heavy atom. The molecule has 0 fully saturated rings. The zero-order valence-corrected chi connectivity index (χ0v) is 13.7. The van der Waals surface area contributed by atoms with E-state index in [4.69, 9.17) is 5.11 Å². The predicted octanol–water partition coefficient (Wildman–Crippen LogP) is 3.20. The maximum absolute atomic E-state index is 12.3. The molecule has 1 atom stereocenters. The van der Waals surface area contributed by atoms with Crippen LogP contribution in [-0.4, -0.2) is 39.5 Å². The number of hydrogen-bond donors (Lipinski definition) is 2. The molecule has 1 aromatic heterocycles. The Balaban J connectivity index is 1.93. The molecule has 1 amide bonds. The molecule has 5 heteroatoms. The highest BCUT2D eigenvalue weighted by Gasteiger charge is 2.21. The number of carbonyl (C=O) groups is 2. The second-order valence-corrected chi connectivity index (χ2v) is 5.89. The lowest BCUT2D eigenvalue weighted by molar-refractivity contribution is -0.146. The monoisotopic (exact) mass is 316 g/mol. The number of benzene rings is 1. The molecule has 0 bridgehead atoms. The van der Waals surface area contributed by atoms with Gasteiger partial charge < -0.3 is 15.0 Å². The molecule has 0 aliphatic heterocycles. The molecule has 0 saturated heterocycles. The zero-order chi connectivity index (χ0) is 16.8. The van der Waals surface area contributed by atoms with E-state index in [9.17, 15) is 9.59 Å². The van der Waals surface area contributed by atoms with Crippen LogP contribution in [0.5, 0.6) is 0 Å². The molecular weight excluding hydrogens is 292 g/mol. The molecule has 0 spiro atoms. The highest BCUT2D eigenvalue weighted by Crippen LogP contribution is 2.20. The fourth-order valence-electron chi connectivity index (χ4n) is 2.77. The lowest BCUT2D eigenvalue weighted by Crippen LogP contribution is -2.41. The first-order chi connectivity index (χ1) is 11.0. The van der Waals surface area contributed by atoms with Crippen LogP contribution in [0.15, 0.2) is 30.5 Å². The second kappa shape index (κ2) is 7.81. The topological polar surface area (TPSA) is 73.4 Å². The number of rotatable bonds is 8. The van der Waals surface area contributed by atoms with Crippen molar-refractivity contribution in [3.8, 4) is 0 Å². The number of para-hydroxylation sites is 1. The number of hydrogen-bond acceptors (Lipinski definition) is 2. The molecule has 23 heavy (non-hydrogen) atoms. The summed E-state index contributed by atoms with van der Waals surface area (Å²) in [6, 6.07) is 8.04. The van der Waals surface area contributed by atoms with E-state index < -0.39 is 5.97 Å². The van der Waals surface area contributed by atoms with E-state index in [-0.39, 0.29) is 18.5 Å². The molecule has 2 aromatic rings. The molecule has 0 aliphatic carbocycles. The number of carboxylic acid groups (broad SMARTS) is 1. The zero-order valence-electron chi connectivity index (χ0n) is 13.7. The summed E-state index contributed by atoms with van der Waals surface area (Å²) in [4.78, 5) is 28.0. The molecule has 2 N–H and O–H groups in total. The number of carboxylic acids is 1. The Hall–Kier alpha value is -2.30. The SMILES string of the molecule is CCC(C)N(CC(=O)O)C(=O)CCCc1c[nH]c2ccccc12. The normalized spacial score (nSPS) is 12.3. The molecular formula is C18H24N2O3. The van der Waals surface area contributed by atoms with E-state index >= 15 is 0 Å². The first-order valence-electron chi connectivity index (χ1n) is 8.09. The van der Waals surface area contributed by atoms with E-state index in [0.717, 1.165) is 18.4 Å². The van der Waals surface area contributed by atoms with Gasteiger partial charge in [-0.15, -0.1) is 0 Å². The number of aryl methyl sites for hydroxylation is 1. The number of aliphatic carboxylic acids is 1. The van der Waals surface area contributed by atoms with Crippen LogP contribution in [0.3, 0.4) is 0 Å². The first-order valence-corrected chi connectivity index (χ1v) is 8.09. The van der Waals surface area contributed by atoms with Crippen molar-refractivity contribution in [2.24, 2.45) is 0 Å². The predicted molar refractivity (Wildman–Crippen MR) is 90.3 cm³/mol. The van der Waals surface area contributed by atoms with Gasteiger partial charge in [0.15, 0.2) is 0 Å². The summed E-state index contributed by atoms with van der Waals surface area (Å²) in [5.74, 6) is -1.04. The summed E-state index contributed by atoms with van der Waals surface area (Å²) < 4.78 is 0. The third kappa shape index (κ3) is 4.34. The number of amides is 1. The van der Waals surface area contributed by atoms with Crippen LogP contribution < -0.4 is 0 Å². The third-order valence-electron chi connectivity index (χ3n) is 4.26. The molecule has 1 aromatic carbocycles. The summed E-state index contributed by atoms with van der Waals surface area (Å²) in [5, 5.41) is 10.2. The fourth-order valence-corrected chi connectivity index (χ4v) is 2.77. The van der Waals surface area contributed by atoms with Gasteiger partial charge in [0.1, 0.15) is 6.54 Å². The van der Waals surface area contributed by atoms with Crippen molar-refractivity contribution in [1.29, 1.82) is 0 Å². The maximum Gasteiger partial charge on any atom is 0.323 e. The minimum atomic E-state index is -0.963. The minimum Gasteiger partial charge on any atom is -0.480 e. The average Bonchev–Trinajstić information content (AvgIpc) is 2.95. The summed E-state index contributed by atoms with van der Waals surface area (Å²) in [7, 11) is 0. The lowest BCUT2D eigenvalue weighted by atomic mass is 10.1. The smallest absolute Gasteiger partial charge is 0.323 e. The van der Waals surface area contributed by atoms with E-state index in [1.54, 1.807) is 0 Å². The first kappa shape index (κ1) is 17.1. The van der Waals surface area contributed by atoms with E-state index in [0.29, 0.717) is 12.8 Å². The van der Waals surface area contributed by atoms with Crippen LogP contribution in [0, 0.1) is 0 Å². The number of nitrogens with one attached hydrogen (secondary N) is 1. The standard InChI is InChI=1S/C18H24N2O3/c1-3-13(2)20(12-18(22)23)17(21)10-6-7-14-11-19-16-9-5-4-8-15(14)16/h4-5,8-9,11,13,19H,3,6-7,10,12H2,1-2H3,(H,22,23). The van der Waals surface area contributed by atoms with Gasteiger partial charge in [0.25, 0.3) is 0 Å². The number of aromatic amines is 1. The van der Waals surface area contributed by atoms with Crippen molar-refractivity contribution in [3.05, 3.63) is 36.0 Å². The van der Waals surface area contributed by atoms with Gasteiger partial charge in [0.05, 0.1) is 0 Å². The van der Waals surface area contributed by atoms with Gasteiger partial charge >= 0.3 is 5.97 Å². The molecule has 0 radical (unpaired) electrons. The summed E-state index contributed by atoms with van der Waals surface area (Å²) in [6.45, 7) is 3.63. The largest absolute Gasteiger partial charge is 0.480 e. The van der Waals surface area contributed by atoms with Gasteiger partial charge in [0.2, 0.25) is 5.91 Å². The Kier molecular flexibility index (Phi) is 5.79. The van der Waals surface area contributed by atoms with Crippen molar-refractivity contribution in [2.45, 2.75) is 45.6 Å². The van der Waals surface area contributed by atoms with Crippen LogP contribution in [0.2, 0.25) is 0 Å². The van der Waals surface area contributed by atoms with E-state index in [1.807, 2.05) is 38.2 Å². The van der Waals surface area contributed by atoms with Crippen molar-refractivity contribution in [2.75, 3.05) is 6.54 Å². The molecule has 1 unspecified atom stereocenters. The third-order valence-corrected chi connectivity index (χ3v) is 4.26. The molecule has 1 heterocycles. The summed E-state index contributed by atoms with van der Waals surface area (Å²) in [6.07, 6.45) is 4.63. The number of fused-ring (bicyclic) bond motifs is 1. The highest BCUT2D eigenvalue weighted by atomic mass is 16.4. The Morgan fingerprint density at radius 2 is 2.04 bits per heavy atom. The lowest BCUT2D eigenvalue weighted by Gasteiger charge is -2.27. The van der Waals surface area contributed by atoms with Crippen molar-refractivity contribution in [1.82, 2.24) is 9.88 Å². The molecule has 2 rings (SSSR count). The Bertz CT molecular complexity index is 678. The van der Waals surface area contributed by atoms with Crippen LogP contribution >= 0.6 is 0 Å². The highest BCUT2D eigenvalue weighted by molar-refractivity contribution is 5.83. The van der Waals surface area contributed by atoms with Crippen molar-refractivity contribution >= 4 is 22.8 Å². The molecule has 0 saturated carbocycles. The fraction of sp³-hybridized carbons (Fsp3) is 0.444. The number of carbonyl (C=O) groups excluding carboxylic acids is 1. The number of H-pyrrole nitrogens is 1. The van der Waals surface area contributed by atoms with Crippen molar-refractivity contribution < 1.29 is 14.7 Å². The van der Waals surface area contributed by atoms with Gasteiger partial charge in [-0.25, -0.2) is 0 Å². The Morgan fingerprint density at radius 3 is 2.74 bits per heavy atom. The van der Waals surface area contributed by atoms with Gasteiger partial charge in [-0.1, -0.05) is 25.1 Å². The Labute approximate surface area is 136 Å². The van der Waals surface area contributed by atoms with Crippen LogP contribution in [0.1, 0.15) is 38.7 Å². The van der Waals surface area contributed by atoms with Crippen LogP contribution in [-0.2, 0) is 16.0 Å². The summed E-state index contributed by atoms with van der Waals surface area (Å²) >= 11 is 0. The van der Waals surface area contributed by atoms with E-state index in [2.05, 4.69) is 11.1 Å². The number of aromatic nitrogens is 1. The minimum absolute atomic E-state index is 0.0494. The molecule has 5 nitrogen and oxygen atoms in total. The summed E-state index contributed by atoms with van der Waals surface area (Å²) in [5.41, 5.74) is 2.29. The van der Waals surface area contributed by atoms with Crippen LogP contribution in [0.25, 0.3) is 10.9 Å². The van der Waals surface area contributed by atoms with Crippen LogP contribution in [0.4, 0.5) is 0 Å². The second-order valence-electron chi connectivity index (χ2n) is 5.89. The van der Waals surface area contributed by atoms with Gasteiger partial charge in [-0.2, -0.15) is 0 Å². The van der Waals surface area contributed by atoms with Crippen molar-refractivity contribution in [3.63, 3.8) is 0 Å². The average molecular weight is 316 g/mol. The quantitative estimate of drug-likeness (QED) is 0.785. The van der Waals surface area contributed by atoms with E-state index in [1.165, 1.54) is 15.8 Å². The van der Waals surface area contributed by atoms with Gasteiger partial charge in [-0.05, 0) is 37.8 Å². The number of nitrogens with zero attached hydrogens (tertiary/aromatic N) is 1. The van der Waals surface area contributed by atoms with Gasteiger partial charge in [-0.3, -0.25) is 9.59 Å². The molecule has 0 aliphatic rings.